The molecule has 2 unspecified atom stereocenters. The van der Waals surface area contributed by atoms with Crippen molar-refractivity contribution in [1.82, 2.24) is 4.90 Å². The van der Waals surface area contributed by atoms with E-state index in [0.29, 0.717) is 11.3 Å². The van der Waals surface area contributed by atoms with Gasteiger partial charge in [0.15, 0.2) is 0 Å². The van der Waals surface area contributed by atoms with Crippen molar-refractivity contribution >= 4 is 17.6 Å². The first kappa shape index (κ1) is 16.1. The summed E-state index contributed by atoms with van der Waals surface area (Å²) in [5.74, 6) is -0.871. The van der Waals surface area contributed by atoms with Crippen molar-refractivity contribution in [2.24, 2.45) is 0 Å². The molecule has 1 fully saturated rings. The van der Waals surface area contributed by atoms with Crippen LogP contribution < -0.4 is 4.90 Å². The van der Waals surface area contributed by atoms with Crippen LogP contribution in [0.4, 0.5) is 14.9 Å². The maximum absolute atomic E-state index is 13.3. The molecule has 0 radical (unpaired) electrons. The number of urea groups is 1. The second-order valence-electron chi connectivity index (χ2n) is 5.68. The Balaban J connectivity index is 1.81. The fraction of sp³-hybridized carbons (Fsp3) is 0.222. The zero-order valence-corrected chi connectivity index (χ0v) is 13.1. The van der Waals surface area contributed by atoms with E-state index in [-0.39, 0.29) is 12.5 Å². The Labute approximate surface area is 138 Å². The Morgan fingerprint density at radius 3 is 2.50 bits per heavy atom. The highest BCUT2D eigenvalue weighted by molar-refractivity contribution is 6.14. The summed E-state index contributed by atoms with van der Waals surface area (Å²) >= 11 is 0. The number of hydrogen-bond acceptors (Lipinski definition) is 3. The molecule has 1 saturated heterocycles. The number of halogens is 1. The smallest absolute Gasteiger partial charge is 0.332 e. The van der Waals surface area contributed by atoms with E-state index in [9.17, 15) is 19.1 Å². The van der Waals surface area contributed by atoms with Crippen molar-refractivity contribution in [3.05, 3.63) is 66.0 Å². The van der Waals surface area contributed by atoms with Crippen molar-refractivity contribution in [3.8, 4) is 0 Å². The minimum absolute atomic E-state index is 0.213. The van der Waals surface area contributed by atoms with Gasteiger partial charge in [-0.15, -0.1) is 0 Å². The van der Waals surface area contributed by atoms with Crippen LogP contribution in [0.5, 0.6) is 0 Å². The molecule has 3 amide bonds. The quantitative estimate of drug-likeness (QED) is 0.878. The number of carbonyl (C=O) groups excluding carboxylic acids is 2. The van der Waals surface area contributed by atoms with Gasteiger partial charge in [0.2, 0.25) is 0 Å². The van der Waals surface area contributed by atoms with Crippen molar-refractivity contribution in [3.63, 3.8) is 0 Å². The third-order valence-electron chi connectivity index (χ3n) is 4.07. The number of rotatable bonds is 4. The van der Waals surface area contributed by atoms with Gasteiger partial charge >= 0.3 is 6.03 Å². The molecule has 24 heavy (non-hydrogen) atoms. The average molecular weight is 328 g/mol. The number of aliphatic hydroxyl groups excluding tert-OH is 1. The normalized spacial score (nSPS) is 19.0. The van der Waals surface area contributed by atoms with Crippen molar-refractivity contribution in [1.29, 1.82) is 0 Å². The third-order valence-corrected chi connectivity index (χ3v) is 4.07. The van der Waals surface area contributed by atoms with E-state index < -0.39 is 24.0 Å². The average Bonchev–Trinajstić information content (AvgIpc) is 2.79. The highest BCUT2D eigenvalue weighted by atomic mass is 19.1. The molecule has 124 valence electrons. The molecule has 5 nitrogen and oxygen atoms in total. The lowest BCUT2D eigenvalue weighted by Gasteiger charge is -2.20. The SMILES string of the molecule is CC1C(=O)N(CC(O)c2cccc(F)c2)C(=O)N1c1ccccc1. The minimum atomic E-state index is -1.14. The number of para-hydroxylation sites is 1. The van der Waals surface area contributed by atoms with E-state index in [1.54, 1.807) is 37.3 Å². The molecule has 1 N–H and O–H groups in total. The first-order chi connectivity index (χ1) is 11.5. The number of aliphatic hydroxyl groups is 1. The van der Waals surface area contributed by atoms with Crippen LogP contribution in [-0.4, -0.2) is 34.5 Å². The predicted molar refractivity (Wildman–Crippen MR) is 86.9 cm³/mol. The summed E-state index contributed by atoms with van der Waals surface area (Å²) in [4.78, 5) is 27.4. The standard InChI is InChI=1S/C18H17FN2O3/c1-12-17(23)20(11-16(22)13-6-5-7-14(19)10-13)18(24)21(12)15-8-3-2-4-9-15/h2-10,12,16,22H,11H2,1H3. The fourth-order valence-electron chi connectivity index (χ4n) is 2.81. The fourth-order valence-corrected chi connectivity index (χ4v) is 2.81. The van der Waals surface area contributed by atoms with Gasteiger partial charge in [-0.05, 0) is 36.8 Å². The van der Waals surface area contributed by atoms with Crippen LogP contribution >= 0.6 is 0 Å². The molecular weight excluding hydrogens is 311 g/mol. The molecule has 2 atom stereocenters. The van der Waals surface area contributed by atoms with E-state index >= 15 is 0 Å². The lowest BCUT2D eigenvalue weighted by Crippen LogP contribution is -2.36. The number of benzene rings is 2. The largest absolute Gasteiger partial charge is 0.387 e. The van der Waals surface area contributed by atoms with E-state index in [1.807, 2.05) is 6.07 Å². The number of amides is 3. The van der Waals surface area contributed by atoms with E-state index in [4.69, 9.17) is 0 Å². The zero-order valence-electron chi connectivity index (χ0n) is 13.1. The molecule has 1 heterocycles. The number of β-amino-alcohol motifs (C(OH)–C–C–N with tert-alkyl or cyclic N) is 1. The van der Waals surface area contributed by atoms with Gasteiger partial charge in [0.1, 0.15) is 11.9 Å². The second-order valence-corrected chi connectivity index (χ2v) is 5.68. The summed E-state index contributed by atoms with van der Waals surface area (Å²) in [5.41, 5.74) is 0.938. The van der Waals surface area contributed by atoms with Gasteiger partial charge in [-0.2, -0.15) is 0 Å². The van der Waals surface area contributed by atoms with Crippen LogP contribution in [0.15, 0.2) is 54.6 Å². The molecule has 0 saturated carbocycles. The minimum Gasteiger partial charge on any atom is -0.387 e. The van der Waals surface area contributed by atoms with Gasteiger partial charge in [-0.25, -0.2) is 9.18 Å². The summed E-state index contributed by atoms with van der Waals surface area (Å²) in [6, 6.07) is 13.2. The van der Waals surface area contributed by atoms with Gasteiger partial charge in [0.05, 0.1) is 12.6 Å². The number of anilines is 1. The molecule has 0 spiro atoms. The molecule has 0 bridgehead atoms. The maximum atomic E-state index is 13.3. The van der Waals surface area contributed by atoms with Crippen LogP contribution in [0.25, 0.3) is 0 Å². The topological polar surface area (TPSA) is 60.9 Å². The van der Waals surface area contributed by atoms with E-state index in [1.165, 1.54) is 23.1 Å². The van der Waals surface area contributed by atoms with Gasteiger partial charge in [0.25, 0.3) is 5.91 Å². The molecule has 6 heteroatoms. The highest BCUT2D eigenvalue weighted by Gasteiger charge is 2.43. The summed E-state index contributed by atoms with van der Waals surface area (Å²) in [6.07, 6.45) is -1.14. The number of imide groups is 1. The summed E-state index contributed by atoms with van der Waals surface area (Å²) in [7, 11) is 0. The Morgan fingerprint density at radius 2 is 1.83 bits per heavy atom. The molecule has 2 aromatic rings. The Hall–Kier alpha value is -2.73. The second kappa shape index (κ2) is 6.41. The van der Waals surface area contributed by atoms with Crippen molar-refractivity contribution < 1.29 is 19.1 Å². The summed E-state index contributed by atoms with van der Waals surface area (Å²) in [6.45, 7) is 1.43. The van der Waals surface area contributed by atoms with Gasteiger partial charge < -0.3 is 5.11 Å². The first-order valence-corrected chi connectivity index (χ1v) is 7.62. The van der Waals surface area contributed by atoms with Crippen LogP contribution in [0.2, 0.25) is 0 Å². The number of carbonyl (C=O) groups is 2. The van der Waals surface area contributed by atoms with Crippen LogP contribution in [0.1, 0.15) is 18.6 Å². The number of nitrogens with zero attached hydrogens (tertiary/aromatic N) is 2. The molecule has 3 rings (SSSR count). The monoisotopic (exact) mass is 328 g/mol. The van der Waals surface area contributed by atoms with Crippen LogP contribution in [0, 0.1) is 5.82 Å². The maximum Gasteiger partial charge on any atom is 0.332 e. The third kappa shape index (κ3) is 2.88. The number of hydrogen-bond donors (Lipinski definition) is 1. The molecule has 1 aliphatic rings. The Bertz CT molecular complexity index is 766. The molecule has 2 aromatic carbocycles. The van der Waals surface area contributed by atoms with Gasteiger partial charge in [-0.1, -0.05) is 30.3 Å². The lowest BCUT2D eigenvalue weighted by atomic mass is 10.1. The Kier molecular flexibility index (Phi) is 4.31. The van der Waals surface area contributed by atoms with Crippen LogP contribution in [-0.2, 0) is 4.79 Å². The zero-order chi connectivity index (χ0) is 17.3. The van der Waals surface area contributed by atoms with Crippen LogP contribution in [0.3, 0.4) is 0 Å². The Morgan fingerprint density at radius 1 is 1.12 bits per heavy atom. The van der Waals surface area contributed by atoms with E-state index in [2.05, 4.69) is 0 Å². The van der Waals surface area contributed by atoms with E-state index in [0.717, 1.165) is 4.90 Å². The molecule has 0 aliphatic carbocycles. The lowest BCUT2D eigenvalue weighted by molar-refractivity contribution is -0.127. The van der Waals surface area contributed by atoms with Crippen molar-refractivity contribution in [2.45, 2.75) is 19.1 Å². The predicted octanol–water partition coefficient (Wildman–Crippen LogP) is 2.72. The highest BCUT2D eigenvalue weighted by Crippen LogP contribution is 2.27. The summed E-state index contributed by atoms with van der Waals surface area (Å²) < 4.78 is 13.3. The van der Waals surface area contributed by atoms with Gasteiger partial charge in [0, 0.05) is 5.69 Å². The molecular formula is C18H17FN2O3. The molecule has 1 aliphatic heterocycles. The summed E-state index contributed by atoms with van der Waals surface area (Å²) in [5, 5.41) is 10.3. The molecule has 0 aromatic heterocycles. The van der Waals surface area contributed by atoms with Gasteiger partial charge in [-0.3, -0.25) is 14.6 Å². The first-order valence-electron chi connectivity index (χ1n) is 7.62. The van der Waals surface area contributed by atoms with Crippen molar-refractivity contribution in [2.75, 3.05) is 11.4 Å².